The van der Waals surface area contributed by atoms with Crippen LogP contribution >= 0.6 is 0 Å². The van der Waals surface area contributed by atoms with E-state index in [0.717, 1.165) is 53.6 Å². The number of aliphatic hydroxyl groups is 1. The van der Waals surface area contributed by atoms with E-state index in [4.69, 9.17) is 42.6 Å². The zero-order valence-corrected chi connectivity index (χ0v) is 32.3. The highest BCUT2D eigenvalue weighted by Crippen LogP contribution is 2.39. The molecule has 0 amide bonds. The predicted molar refractivity (Wildman–Crippen MR) is 203 cm³/mol. The topological polar surface area (TPSA) is 103 Å². The average Bonchev–Trinajstić information content (AvgIpc) is 3.63. The van der Waals surface area contributed by atoms with Gasteiger partial charge in [0.2, 0.25) is 0 Å². The summed E-state index contributed by atoms with van der Waals surface area (Å²) in [6, 6.07) is 24.6. The van der Waals surface area contributed by atoms with Gasteiger partial charge in [-0.15, -0.1) is 0 Å². The number of aliphatic hydroxyl groups excluding tert-OH is 1. The van der Waals surface area contributed by atoms with E-state index in [1.54, 1.807) is 73.8 Å². The van der Waals surface area contributed by atoms with Gasteiger partial charge in [0, 0.05) is 13.0 Å². The summed E-state index contributed by atoms with van der Waals surface area (Å²) in [5, 5.41) is 10.5. The molecule has 1 aliphatic rings. The lowest BCUT2D eigenvalue weighted by Crippen LogP contribution is -2.22. The van der Waals surface area contributed by atoms with Crippen LogP contribution in [-0.4, -0.2) is 67.1 Å². The minimum Gasteiger partial charge on any atom is -0.493 e. The van der Waals surface area contributed by atoms with Gasteiger partial charge in [0.05, 0.1) is 55.4 Å². The second-order valence-corrected chi connectivity index (χ2v) is 11.8. The molecule has 52 heavy (non-hydrogen) atoms. The molecule has 284 valence electrons. The first-order chi connectivity index (χ1) is 25.3. The quantitative estimate of drug-likeness (QED) is 0.128. The van der Waals surface area contributed by atoms with Crippen molar-refractivity contribution in [1.29, 1.82) is 0 Å². The van der Waals surface area contributed by atoms with Gasteiger partial charge in [0.1, 0.15) is 12.2 Å². The number of rotatable bonds is 15. The van der Waals surface area contributed by atoms with Crippen LogP contribution in [0.5, 0.6) is 46.0 Å². The van der Waals surface area contributed by atoms with Crippen LogP contribution in [0.15, 0.2) is 78.9 Å². The minimum atomic E-state index is -0.820. The molecule has 1 heterocycles. The number of hydrogen-bond acceptors (Lipinski definition) is 10. The first kappa shape index (κ1) is 41.6. The lowest BCUT2D eigenvalue weighted by molar-refractivity contribution is 0.0450. The van der Waals surface area contributed by atoms with Crippen LogP contribution in [0.1, 0.15) is 63.0 Å². The van der Waals surface area contributed by atoms with Crippen molar-refractivity contribution in [2.75, 3.05) is 55.9 Å². The first-order valence-electron chi connectivity index (χ1n) is 17.6. The highest BCUT2D eigenvalue weighted by Gasteiger charge is 2.27. The summed E-state index contributed by atoms with van der Waals surface area (Å²) in [7, 11) is 9.65. The Morgan fingerprint density at radius 1 is 0.654 bits per heavy atom. The van der Waals surface area contributed by atoms with Gasteiger partial charge in [0.15, 0.2) is 46.0 Å². The Bertz CT molecular complexity index is 1640. The number of methoxy groups -OCH3 is 6. The SMILES string of the molecule is CC.COc1ccc(CCOc2ccc([C@H]3OCC[C@H]3C)cc2OC)cc1OC.COc1ccc([C@@H](O)[C@@H](C)Oc2ccccc2OC)cc1OC. The van der Waals surface area contributed by atoms with Gasteiger partial charge in [-0.1, -0.05) is 51.1 Å². The van der Waals surface area contributed by atoms with Gasteiger partial charge in [-0.2, -0.15) is 0 Å². The fraction of sp³-hybridized carbons (Fsp3) is 0.429. The molecule has 0 spiro atoms. The second-order valence-electron chi connectivity index (χ2n) is 11.8. The van der Waals surface area contributed by atoms with Crippen molar-refractivity contribution in [3.05, 3.63) is 95.6 Å². The Balaban J connectivity index is 0.000000271. The summed E-state index contributed by atoms with van der Waals surface area (Å²) >= 11 is 0. The number of hydrogen-bond donors (Lipinski definition) is 1. The highest BCUT2D eigenvalue weighted by molar-refractivity contribution is 5.46. The minimum absolute atomic E-state index is 0.139. The zero-order valence-electron chi connectivity index (χ0n) is 32.3. The van der Waals surface area contributed by atoms with E-state index < -0.39 is 12.2 Å². The maximum absolute atomic E-state index is 10.5. The molecule has 0 bridgehead atoms. The third-order valence-electron chi connectivity index (χ3n) is 8.58. The summed E-state index contributed by atoms with van der Waals surface area (Å²) in [4.78, 5) is 0. The van der Waals surface area contributed by atoms with Crippen LogP contribution in [-0.2, 0) is 11.2 Å². The van der Waals surface area contributed by atoms with Gasteiger partial charge in [0.25, 0.3) is 0 Å². The standard InChI is InChI=1S/C22H28O5.C18H22O5.C2H6/c1-15-9-11-27-22(15)17-6-8-19(21(14-17)25-4)26-12-10-16-5-7-18(23-2)20(13-16)24-3;1-12(23-16-8-6-5-7-14(16)20-2)18(19)13-9-10-15(21-3)17(11-13)22-4;1-2/h5-8,13-15,22H,9-12H2,1-4H3;5-12,18-19H,1-4H3;1-2H3/t15-,22+;12-,18+;/m11./s1. The molecular formula is C42H56O10. The van der Waals surface area contributed by atoms with Crippen LogP contribution in [0.4, 0.5) is 0 Å². The average molecular weight is 721 g/mol. The van der Waals surface area contributed by atoms with E-state index in [-0.39, 0.29) is 6.10 Å². The van der Waals surface area contributed by atoms with Gasteiger partial charge in [-0.25, -0.2) is 0 Å². The zero-order chi connectivity index (χ0) is 38.0. The maximum atomic E-state index is 10.5. The van der Waals surface area contributed by atoms with Crippen LogP contribution in [0.2, 0.25) is 0 Å². The molecule has 1 aliphatic heterocycles. The van der Waals surface area contributed by atoms with E-state index in [9.17, 15) is 5.11 Å². The Hall–Kier alpha value is -4.80. The van der Waals surface area contributed by atoms with Crippen LogP contribution in [0.25, 0.3) is 0 Å². The summed E-state index contributed by atoms with van der Waals surface area (Å²) in [5.41, 5.74) is 2.95. The normalized spacial score (nSPS) is 15.8. The summed E-state index contributed by atoms with van der Waals surface area (Å²) in [6.45, 7) is 9.38. The van der Waals surface area contributed by atoms with E-state index in [0.29, 0.717) is 41.1 Å². The molecule has 4 aromatic rings. The van der Waals surface area contributed by atoms with Gasteiger partial charge in [-0.3, -0.25) is 0 Å². The fourth-order valence-electron chi connectivity index (χ4n) is 5.71. The van der Waals surface area contributed by atoms with Crippen molar-refractivity contribution in [3.8, 4) is 46.0 Å². The van der Waals surface area contributed by atoms with Crippen molar-refractivity contribution in [2.24, 2.45) is 5.92 Å². The van der Waals surface area contributed by atoms with Crippen molar-refractivity contribution in [3.63, 3.8) is 0 Å². The smallest absolute Gasteiger partial charge is 0.161 e. The number of para-hydroxylation sites is 2. The Morgan fingerprint density at radius 2 is 1.19 bits per heavy atom. The van der Waals surface area contributed by atoms with Gasteiger partial charge in [-0.05, 0) is 84.5 Å². The summed E-state index contributed by atoms with van der Waals surface area (Å²) in [5.74, 6) is 5.84. The molecule has 5 rings (SSSR count). The third-order valence-corrected chi connectivity index (χ3v) is 8.58. The van der Waals surface area contributed by atoms with Crippen molar-refractivity contribution in [2.45, 2.75) is 58.8 Å². The summed E-state index contributed by atoms with van der Waals surface area (Å²) in [6.07, 6.45) is 0.703. The third kappa shape index (κ3) is 11.1. The van der Waals surface area contributed by atoms with Crippen molar-refractivity contribution in [1.82, 2.24) is 0 Å². The first-order valence-corrected chi connectivity index (χ1v) is 17.6. The Kier molecular flexibility index (Phi) is 17.2. The van der Waals surface area contributed by atoms with Crippen LogP contribution in [0.3, 0.4) is 0 Å². The molecule has 0 aliphatic carbocycles. The number of benzene rings is 4. The van der Waals surface area contributed by atoms with Crippen LogP contribution < -0.4 is 37.9 Å². The molecule has 1 saturated heterocycles. The van der Waals surface area contributed by atoms with Crippen molar-refractivity contribution >= 4 is 0 Å². The molecular weight excluding hydrogens is 664 g/mol. The van der Waals surface area contributed by atoms with E-state index in [1.807, 2.05) is 62.4 Å². The monoisotopic (exact) mass is 720 g/mol. The Morgan fingerprint density at radius 3 is 1.79 bits per heavy atom. The van der Waals surface area contributed by atoms with E-state index in [1.165, 1.54) is 0 Å². The molecule has 4 aromatic carbocycles. The number of ether oxygens (including phenoxy) is 9. The van der Waals surface area contributed by atoms with E-state index in [2.05, 4.69) is 13.0 Å². The molecule has 0 saturated carbocycles. The summed E-state index contributed by atoms with van der Waals surface area (Å²) < 4.78 is 49.5. The van der Waals surface area contributed by atoms with Crippen molar-refractivity contribution < 1.29 is 47.7 Å². The lowest BCUT2D eigenvalue weighted by Gasteiger charge is -2.22. The van der Waals surface area contributed by atoms with Gasteiger partial charge < -0.3 is 47.7 Å². The molecule has 0 unspecified atom stereocenters. The molecule has 1 fully saturated rings. The predicted octanol–water partition coefficient (Wildman–Crippen LogP) is 8.67. The maximum Gasteiger partial charge on any atom is 0.161 e. The highest BCUT2D eigenvalue weighted by atomic mass is 16.5. The molecule has 10 heteroatoms. The Labute approximate surface area is 309 Å². The van der Waals surface area contributed by atoms with Gasteiger partial charge >= 0.3 is 0 Å². The fourth-order valence-corrected chi connectivity index (χ4v) is 5.71. The molecule has 4 atom stereocenters. The molecule has 1 N–H and O–H groups in total. The van der Waals surface area contributed by atoms with E-state index >= 15 is 0 Å². The molecule has 0 radical (unpaired) electrons. The lowest BCUT2D eigenvalue weighted by atomic mass is 9.97. The molecule has 0 aromatic heterocycles. The van der Waals surface area contributed by atoms with Crippen LogP contribution in [0, 0.1) is 5.92 Å². The largest absolute Gasteiger partial charge is 0.493 e. The second kappa shape index (κ2) is 21.5. The molecule has 10 nitrogen and oxygen atoms in total.